The summed E-state index contributed by atoms with van der Waals surface area (Å²) in [6.45, 7) is 3.66. The van der Waals surface area contributed by atoms with E-state index >= 15 is 0 Å². The molecule has 0 bridgehead atoms. The zero-order chi connectivity index (χ0) is 15.2. The molecule has 0 aliphatic carbocycles. The van der Waals surface area contributed by atoms with Gasteiger partial charge >= 0.3 is 0 Å². The van der Waals surface area contributed by atoms with Gasteiger partial charge in [-0.05, 0) is 43.7 Å². The Labute approximate surface area is 129 Å². The lowest BCUT2D eigenvalue weighted by Gasteiger charge is -2.19. The lowest BCUT2D eigenvalue weighted by Crippen LogP contribution is -2.37. The summed E-state index contributed by atoms with van der Waals surface area (Å²) in [5.74, 6) is 0.528. The van der Waals surface area contributed by atoms with Gasteiger partial charge in [0.05, 0.1) is 6.04 Å². The van der Waals surface area contributed by atoms with Crippen molar-refractivity contribution in [3.63, 3.8) is 0 Å². The van der Waals surface area contributed by atoms with E-state index in [0.29, 0.717) is 10.8 Å². The molecular formula is C17H18ClNO2. The van der Waals surface area contributed by atoms with Gasteiger partial charge in [0, 0.05) is 5.02 Å². The van der Waals surface area contributed by atoms with E-state index in [9.17, 15) is 4.79 Å². The summed E-state index contributed by atoms with van der Waals surface area (Å²) in [4.78, 5) is 12.1. The van der Waals surface area contributed by atoms with Gasteiger partial charge in [0.25, 0.3) is 5.91 Å². The minimum absolute atomic E-state index is 0.100. The summed E-state index contributed by atoms with van der Waals surface area (Å²) < 4.78 is 5.60. The molecule has 2 rings (SSSR count). The van der Waals surface area contributed by atoms with Crippen LogP contribution in [0.3, 0.4) is 0 Å². The second-order valence-electron chi connectivity index (χ2n) is 4.85. The molecular weight excluding hydrogens is 286 g/mol. The van der Waals surface area contributed by atoms with E-state index in [2.05, 4.69) is 5.32 Å². The van der Waals surface area contributed by atoms with Crippen LogP contribution >= 0.6 is 11.6 Å². The molecule has 110 valence electrons. The highest BCUT2D eigenvalue weighted by Crippen LogP contribution is 2.17. The van der Waals surface area contributed by atoms with Gasteiger partial charge in [0.1, 0.15) is 5.75 Å². The van der Waals surface area contributed by atoms with Gasteiger partial charge in [0.2, 0.25) is 0 Å². The maximum absolute atomic E-state index is 12.1. The largest absolute Gasteiger partial charge is 0.481 e. The van der Waals surface area contributed by atoms with Crippen molar-refractivity contribution in [2.45, 2.75) is 26.0 Å². The Bertz CT molecular complexity index is 583. The summed E-state index contributed by atoms with van der Waals surface area (Å²) in [5, 5.41) is 3.61. The molecule has 2 atom stereocenters. The first kappa shape index (κ1) is 15.4. The van der Waals surface area contributed by atoms with Gasteiger partial charge in [-0.1, -0.05) is 41.9 Å². The molecule has 0 saturated heterocycles. The Hall–Kier alpha value is -2.00. The van der Waals surface area contributed by atoms with E-state index in [-0.39, 0.29) is 11.9 Å². The molecule has 3 nitrogen and oxygen atoms in total. The smallest absolute Gasteiger partial charge is 0.261 e. The van der Waals surface area contributed by atoms with Gasteiger partial charge < -0.3 is 10.1 Å². The molecule has 0 aromatic heterocycles. The quantitative estimate of drug-likeness (QED) is 0.907. The number of nitrogens with one attached hydrogen (secondary N) is 1. The van der Waals surface area contributed by atoms with Crippen molar-refractivity contribution in [2.24, 2.45) is 0 Å². The van der Waals surface area contributed by atoms with Crippen molar-refractivity contribution >= 4 is 17.5 Å². The summed E-state index contributed by atoms with van der Waals surface area (Å²) in [6, 6.07) is 16.6. The molecule has 0 heterocycles. The van der Waals surface area contributed by atoms with Crippen LogP contribution in [0, 0.1) is 0 Å². The molecule has 0 fully saturated rings. The molecule has 0 spiro atoms. The van der Waals surface area contributed by atoms with Crippen LogP contribution < -0.4 is 10.1 Å². The number of carbonyl (C=O) groups excluding carboxylic acids is 1. The van der Waals surface area contributed by atoms with Crippen LogP contribution in [0.2, 0.25) is 5.02 Å². The maximum Gasteiger partial charge on any atom is 0.261 e. The second-order valence-corrected chi connectivity index (χ2v) is 5.29. The fourth-order valence-corrected chi connectivity index (χ4v) is 2.05. The van der Waals surface area contributed by atoms with Crippen molar-refractivity contribution < 1.29 is 9.53 Å². The van der Waals surface area contributed by atoms with Crippen LogP contribution in [0.4, 0.5) is 0 Å². The van der Waals surface area contributed by atoms with E-state index in [1.807, 2.05) is 61.5 Å². The summed E-state index contributed by atoms with van der Waals surface area (Å²) >= 11 is 5.86. The van der Waals surface area contributed by atoms with E-state index < -0.39 is 6.10 Å². The molecule has 21 heavy (non-hydrogen) atoms. The number of para-hydroxylation sites is 1. The predicted molar refractivity (Wildman–Crippen MR) is 84.5 cm³/mol. The van der Waals surface area contributed by atoms with E-state index in [1.54, 1.807) is 6.92 Å². The molecule has 0 radical (unpaired) electrons. The number of benzene rings is 2. The number of hydrogen-bond donors (Lipinski definition) is 1. The van der Waals surface area contributed by atoms with Crippen molar-refractivity contribution in [2.75, 3.05) is 0 Å². The Balaban J connectivity index is 1.92. The number of carbonyl (C=O) groups is 1. The third kappa shape index (κ3) is 4.50. The zero-order valence-electron chi connectivity index (χ0n) is 12.0. The van der Waals surface area contributed by atoms with E-state index in [0.717, 1.165) is 5.56 Å². The van der Waals surface area contributed by atoms with Crippen LogP contribution in [0.25, 0.3) is 0 Å². The average Bonchev–Trinajstić information content (AvgIpc) is 2.48. The zero-order valence-corrected chi connectivity index (χ0v) is 12.8. The van der Waals surface area contributed by atoms with Gasteiger partial charge in [0.15, 0.2) is 6.10 Å². The van der Waals surface area contributed by atoms with Gasteiger partial charge in [-0.15, -0.1) is 0 Å². The molecule has 4 heteroatoms. The maximum atomic E-state index is 12.1. The minimum atomic E-state index is -0.554. The van der Waals surface area contributed by atoms with Crippen molar-refractivity contribution in [1.29, 1.82) is 0 Å². The van der Waals surface area contributed by atoms with Crippen molar-refractivity contribution in [3.8, 4) is 5.75 Å². The number of amides is 1. The van der Waals surface area contributed by atoms with Gasteiger partial charge in [-0.3, -0.25) is 4.79 Å². The van der Waals surface area contributed by atoms with Crippen LogP contribution in [-0.2, 0) is 4.79 Å². The van der Waals surface area contributed by atoms with Crippen LogP contribution in [0.5, 0.6) is 5.75 Å². The Morgan fingerprint density at radius 3 is 2.29 bits per heavy atom. The predicted octanol–water partition coefficient (Wildman–Crippen LogP) is 3.98. The van der Waals surface area contributed by atoms with Crippen molar-refractivity contribution in [1.82, 2.24) is 5.32 Å². The third-order valence-electron chi connectivity index (χ3n) is 3.15. The first-order chi connectivity index (χ1) is 10.1. The lowest BCUT2D eigenvalue weighted by molar-refractivity contribution is -0.127. The Morgan fingerprint density at radius 2 is 1.67 bits per heavy atom. The average molecular weight is 304 g/mol. The monoisotopic (exact) mass is 303 g/mol. The second kappa shape index (κ2) is 7.14. The van der Waals surface area contributed by atoms with Gasteiger partial charge in [-0.2, -0.15) is 0 Å². The SMILES string of the molecule is CC(Oc1ccccc1)C(=O)NC(C)c1ccc(Cl)cc1. The Kier molecular flexibility index (Phi) is 5.23. The minimum Gasteiger partial charge on any atom is -0.481 e. The summed E-state index contributed by atoms with van der Waals surface area (Å²) in [6.07, 6.45) is -0.554. The normalized spacial score (nSPS) is 13.3. The summed E-state index contributed by atoms with van der Waals surface area (Å²) in [5.41, 5.74) is 1.000. The standard InChI is InChI=1S/C17H18ClNO2/c1-12(14-8-10-15(18)11-9-14)19-17(20)13(2)21-16-6-4-3-5-7-16/h3-13H,1-2H3,(H,19,20). The number of hydrogen-bond acceptors (Lipinski definition) is 2. The topological polar surface area (TPSA) is 38.3 Å². The molecule has 0 aliphatic heterocycles. The molecule has 1 N–H and O–H groups in total. The Morgan fingerprint density at radius 1 is 1.05 bits per heavy atom. The molecule has 1 amide bonds. The van der Waals surface area contributed by atoms with Crippen LogP contribution in [0.1, 0.15) is 25.5 Å². The van der Waals surface area contributed by atoms with Crippen LogP contribution in [-0.4, -0.2) is 12.0 Å². The number of rotatable bonds is 5. The highest BCUT2D eigenvalue weighted by molar-refractivity contribution is 6.30. The fourth-order valence-electron chi connectivity index (χ4n) is 1.92. The third-order valence-corrected chi connectivity index (χ3v) is 3.41. The summed E-state index contributed by atoms with van der Waals surface area (Å²) in [7, 11) is 0. The molecule has 0 aliphatic rings. The highest BCUT2D eigenvalue weighted by Gasteiger charge is 2.17. The van der Waals surface area contributed by atoms with E-state index in [1.165, 1.54) is 0 Å². The molecule has 2 unspecified atom stereocenters. The molecule has 0 saturated carbocycles. The van der Waals surface area contributed by atoms with Gasteiger partial charge in [-0.25, -0.2) is 0 Å². The number of halogens is 1. The number of ether oxygens (including phenoxy) is 1. The molecule has 2 aromatic rings. The first-order valence-electron chi connectivity index (χ1n) is 6.84. The lowest BCUT2D eigenvalue weighted by atomic mass is 10.1. The first-order valence-corrected chi connectivity index (χ1v) is 7.21. The fraction of sp³-hybridized carbons (Fsp3) is 0.235. The van der Waals surface area contributed by atoms with Crippen LogP contribution in [0.15, 0.2) is 54.6 Å². The highest BCUT2D eigenvalue weighted by atomic mass is 35.5. The van der Waals surface area contributed by atoms with E-state index in [4.69, 9.17) is 16.3 Å². The molecule has 2 aromatic carbocycles. The van der Waals surface area contributed by atoms with Crippen molar-refractivity contribution in [3.05, 3.63) is 65.2 Å².